The van der Waals surface area contributed by atoms with Crippen molar-refractivity contribution in [2.45, 2.75) is 37.8 Å². The lowest BCUT2D eigenvalue weighted by atomic mass is 10.0. The summed E-state index contributed by atoms with van der Waals surface area (Å²) >= 11 is 0. The average molecular weight is 403 g/mol. The summed E-state index contributed by atoms with van der Waals surface area (Å²) in [6.07, 6.45) is 2.72. The maximum Gasteiger partial charge on any atom is 0.251 e. The highest BCUT2D eigenvalue weighted by Gasteiger charge is 2.25. The highest BCUT2D eigenvalue weighted by atomic mass is 16.5. The molecule has 1 aromatic carbocycles. The number of piperidine rings is 2. The van der Waals surface area contributed by atoms with Crippen LogP contribution in [0.25, 0.3) is 0 Å². The van der Waals surface area contributed by atoms with Gasteiger partial charge >= 0.3 is 0 Å². The van der Waals surface area contributed by atoms with Crippen LogP contribution in [-0.2, 0) is 14.3 Å². The second-order valence-electron chi connectivity index (χ2n) is 7.64. The molecule has 0 saturated carbocycles. The third-order valence-electron chi connectivity index (χ3n) is 5.44. The first kappa shape index (κ1) is 21.1. The molecule has 1 N–H and O–H groups in total. The quantitative estimate of drug-likeness (QED) is 0.767. The first-order valence-electron chi connectivity index (χ1n) is 10.0. The molecule has 1 atom stereocenters. The Morgan fingerprint density at radius 2 is 1.83 bits per heavy atom. The van der Waals surface area contributed by atoms with Crippen molar-refractivity contribution in [2.24, 2.45) is 0 Å². The molecule has 3 rings (SSSR count). The lowest BCUT2D eigenvalue weighted by Gasteiger charge is -2.32. The van der Waals surface area contributed by atoms with Crippen LogP contribution in [0, 0.1) is 0 Å². The number of carbonyl (C=O) groups excluding carboxylic acids is 3. The summed E-state index contributed by atoms with van der Waals surface area (Å²) in [5, 5.41) is 2.99. The van der Waals surface area contributed by atoms with E-state index in [0.29, 0.717) is 43.8 Å². The van der Waals surface area contributed by atoms with Crippen LogP contribution in [0.3, 0.4) is 0 Å². The minimum absolute atomic E-state index is 0.00911. The zero-order chi connectivity index (χ0) is 20.8. The monoisotopic (exact) mass is 403 g/mol. The van der Waals surface area contributed by atoms with E-state index < -0.39 is 0 Å². The van der Waals surface area contributed by atoms with Gasteiger partial charge in [-0.3, -0.25) is 14.4 Å². The Balaban J connectivity index is 1.46. The van der Waals surface area contributed by atoms with E-state index in [1.165, 1.54) is 7.11 Å². The molecule has 1 aromatic rings. The molecule has 2 heterocycles. The second kappa shape index (κ2) is 9.73. The molecule has 0 aliphatic carbocycles. The minimum atomic E-state index is -0.144. The first-order chi connectivity index (χ1) is 14.0. The minimum Gasteiger partial charge on any atom is -0.490 e. The van der Waals surface area contributed by atoms with Crippen LogP contribution in [0.5, 0.6) is 5.75 Å². The molecule has 29 heavy (non-hydrogen) atoms. The van der Waals surface area contributed by atoms with Crippen LogP contribution < -0.4 is 10.1 Å². The van der Waals surface area contributed by atoms with E-state index in [2.05, 4.69) is 5.32 Å². The number of nitrogens with one attached hydrogen (secondary N) is 1. The molecule has 0 unspecified atom stereocenters. The van der Waals surface area contributed by atoms with Gasteiger partial charge in [0.1, 0.15) is 18.5 Å². The first-order valence-corrected chi connectivity index (χ1v) is 10.0. The standard InChI is InChI=1S/C21H29N3O5/c1-23-13-16(5-8-19(23)25)22-21(27)15-3-6-17(7-4-15)29-18-9-11-24(12-10-18)20(26)14-28-2/h3-4,6-7,16,18H,5,8-14H2,1-2H3,(H,22,27)/t16-/m0/s1. The lowest BCUT2D eigenvalue weighted by Crippen LogP contribution is -2.48. The topological polar surface area (TPSA) is 88.2 Å². The van der Waals surface area contributed by atoms with Crippen molar-refractivity contribution in [3.05, 3.63) is 29.8 Å². The van der Waals surface area contributed by atoms with E-state index in [4.69, 9.17) is 9.47 Å². The van der Waals surface area contributed by atoms with Gasteiger partial charge in [0, 0.05) is 64.7 Å². The number of rotatable bonds is 6. The fourth-order valence-corrected chi connectivity index (χ4v) is 3.71. The van der Waals surface area contributed by atoms with Crippen molar-refractivity contribution in [2.75, 3.05) is 40.4 Å². The number of carbonyl (C=O) groups is 3. The summed E-state index contributed by atoms with van der Waals surface area (Å²) in [4.78, 5) is 39.3. The predicted molar refractivity (Wildman–Crippen MR) is 107 cm³/mol. The molecule has 8 heteroatoms. The molecule has 8 nitrogen and oxygen atoms in total. The van der Waals surface area contributed by atoms with Crippen LogP contribution in [-0.4, -0.2) is 80.1 Å². The third-order valence-corrected chi connectivity index (χ3v) is 5.44. The summed E-state index contributed by atoms with van der Waals surface area (Å²) in [5.41, 5.74) is 0.567. The van der Waals surface area contributed by atoms with Gasteiger partial charge in [-0.15, -0.1) is 0 Å². The van der Waals surface area contributed by atoms with Gasteiger partial charge in [0.2, 0.25) is 11.8 Å². The van der Waals surface area contributed by atoms with E-state index in [0.717, 1.165) is 12.8 Å². The van der Waals surface area contributed by atoms with Gasteiger partial charge in [-0.2, -0.15) is 0 Å². The number of ether oxygens (including phenoxy) is 2. The molecule has 0 radical (unpaired) electrons. The number of likely N-dealkylation sites (tertiary alicyclic amines) is 2. The maximum atomic E-state index is 12.5. The van der Waals surface area contributed by atoms with Gasteiger partial charge in [-0.05, 0) is 30.7 Å². The Morgan fingerprint density at radius 1 is 1.14 bits per heavy atom. The molecule has 2 aliphatic rings. The van der Waals surface area contributed by atoms with Crippen molar-refractivity contribution in [1.29, 1.82) is 0 Å². The molecular formula is C21H29N3O5. The SMILES string of the molecule is COCC(=O)N1CCC(Oc2ccc(C(=O)N[C@H]3CCC(=O)N(C)C3)cc2)CC1. The van der Waals surface area contributed by atoms with Gasteiger partial charge < -0.3 is 24.6 Å². The van der Waals surface area contributed by atoms with Crippen molar-refractivity contribution >= 4 is 17.7 Å². The number of nitrogens with zero attached hydrogens (tertiary/aromatic N) is 2. The van der Waals surface area contributed by atoms with E-state index in [9.17, 15) is 14.4 Å². The summed E-state index contributed by atoms with van der Waals surface area (Å²) in [6, 6.07) is 7.08. The Hall–Kier alpha value is -2.61. The van der Waals surface area contributed by atoms with Crippen molar-refractivity contribution in [3.8, 4) is 5.75 Å². The van der Waals surface area contributed by atoms with Crippen LogP contribution in [0.2, 0.25) is 0 Å². The molecule has 3 amide bonds. The summed E-state index contributed by atoms with van der Waals surface area (Å²) in [6.45, 7) is 1.97. The largest absolute Gasteiger partial charge is 0.490 e. The van der Waals surface area contributed by atoms with Crippen LogP contribution in [0.1, 0.15) is 36.0 Å². The molecular weight excluding hydrogens is 374 g/mol. The Kier molecular flexibility index (Phi) is 7.09. The summed E-state index contributed by atoms with van der Waals surface area (Å²) in [5.74, 6) is 0.696. The van der Waals surface area contributed by atoms with E-state index in [1.807, 2.05) is 0 Å². The predicted octanol–water partition coefficient (Wildman–Crippen LogP) is 1.05. The van der Waals surface area contributed by atoms with Crippen LogP contribution >= 0.6 is 0 Å². The number of hydrogen-bond acceptors (Lipinski definition) is 5. The Bertz CT molecular complexity index is 728. The summed E-state index contributed by atoms with van der Waals surface area (Å²) < 4.78 is 10.9. The van der Waals surface area contributed by atoms with E-state index in [1.54, 1.807) is 41.1 Å². The van der Waals surface area contributed by atoms with Gasteiger partial charge in [0.15, 0.2) is 0 Å². The van der Waals surface area contributed by atoms with Crippen LogP contribution in [0.4, 0.5) is 0 Å². The smallest absolute Gasteiger partial charge is 0.251 e. The fraction of sp³-hybridized carbons (Fsp3) is 0.571. The second-order valence-corrected chi connectivity index (χ2v) is 7.64. The Morgan fingerprint density at radius 3 is 2.45 bits per heavy atom. The molecule has 158 valence electrons. The number of benzene rings is 1. The Labute approximate surface area is 171 Å². The highest BCUT2D eigenvalue weighted by Crippen LogP contribution is 2.20. The summed E-state index contributed by atoms with van der Waals surface area (Å²) in [7, 11) is 3.27. The van der Waals surface area contributed by atoms with E-state index >= 15 is 0 Å². The van der Waals surface area contributed by atoms with Crippen molar-refractivity contribution in [1.82, 2.24) is 15.1 Å². The number of methoxy groups -OCH3 is 1. The molecule has 2 fully saturated rings. The van der Waals surface area contributed by atoms with Gasteiger partial charge in [0.05, 0.1) is 0 Å². The lowest BCUT2D eigenvalue weighted by molar-refractivity contribution is -0.137. The van der Waals surface area contributed by atoms with Crippen LogP contribution in [0.15, 0.2) is 24.3 Å². The molecule has 2 aliphatic heterocycles. The average Bonchev–Trinajstić information content (AvgIpc) is 2.72. The van der Waals surface area contributed by atoms with Crippen molar-refractivity contribution < 1.29 is 23.9 Å². The maximum absolute atomic E-state index is 12.5. The molecule has 2 saturated heterocycles. The van der Waals surface area contributed by atoms with Gasteiger partial charge in [-0.1, -0.05) is 0 Å². The molecule has 0 spiro atoms. The third kappa shape index (κ3) is 5.69. The van der Waals surface area contributed by atoms with Gasteiger partial charge in [-0.25, -0.2) is 0 Å². The molecule has 0 aromatic heterocycles. The van der Waals surface area contributed by atoms with Crippen molar-refractivity contribution in [3.63, 3.8) is 0 Å². The fourth-order valence-electron chi connectivity index (χ4n) is 3.71. The van der Waals surface area contributed by atoms with E-state index in [-0.39, 0.29) is 36.5 Å². The number of hydrogen-bond donors (Lipinski definition) is 1. The number of amides is 3. The zero-order valence-electron chi connectivity index (χ0n) is 17.1. The number of likely N-dealkylation sites (N-methyl/N-ethyl adjacent to an activating group) is 1. The molecule has 0 bridgehead atoms. The normalized spacial score (nSPS) is 20.5. The zero-order valence-corrected chi connectivity index (χ0v) is 17.1. The van der Waals surface area contributed by atoms with Gasteiger partial charge in [0.25, 0.3) is 5.91 Å². The highest BCUT2D eigenvalue weighted by molar-refractivity contribution is 5.94.